The molecule has 0 saturated carbocycles. The van der Waals surface area contributed by atoms with E-state index in [2.05, 4.69) is 44.2 Å². The van der Waals surface area contributed by atoms with Gasteiger partial charge < -0.3 is 9.88 Å². The molecule has 0 spiro atoms. The van der Waals surface area contributed by atoms with E-state index in [1.54, 1.807) is 11.8 Å². The van der Waals surface area contributed by atoms with Crippen LogP contribution in [0.1, 0.15) is 26.1 Å². The molecule has 20 heavy (non-hydrogen) atoms. The summed E-state index contributed by atoms with van der Waals surface area (Å²) in [5.41, 5.74) is 0. The highest BCUT2D eigenvalue weighted by Crippen LogP contribution is 2.18. The number of imidazole rings is 1. The predicted octanol–water partition coefficient (Wildman–Crippen LogP) is 1.18. The first-order valence-electron chi connectivity index (χ1n) is 6.94. The van der Waals surface area contributed by atoms with E-state index in [-0.39, 0.29) is 0 Å². The molecule has 2 aromatic heterocycles. The van der Waals surface area contributed by atoms with E-state index in [4.69, 9.17) is 0 Å². The van der Waals surface area contributed by atoms with Crippen molar-refractivity contribution in [3.63, 3.8) is 0 Å². The summed E-state index contributed by atoms with van der Waals surface area (Å²) in [6.07, 6.45) is 4.96. The Bertz CT molecular complexity index is 507. The number of hydrogen-bond donors (Lipinski definition) is 1. The summed E-state index contributed by atoms with van der Waals surface area (Å²) in [6, 6.07) is 0. The molecule has 1 N–H and O–H groups in total. The Morgan fingerprint density at radius 3 is 3.00 bits per heavy atom. The lowest BCUT2D eigenvalue weighted by Crippen LogP contribution is -2.21. The molecule has 2 aromatic rings. The maximum absolute atomic E-state index is 4.35. The lowest BCUT2D eigenvalue weighted by Gasteiger charge is -2.06. The van der Waals surface area contributed by atoms with Crippen molar-refractivity contribution in [2.75, 3.05) is 13.1 Å². The summed E-state index contributed by atoms with van der Waals surface area (Å²) >= 11 is 1.62. The van der Waals surface area contributed by atoms with Crippen molar-refractivity contribution in [1.29, 1.82) is 0 Å². The average Bonchev–Trinajstić information content (AvgIpc) is 3.09. The molecule has 0 aliphatic heterocycles. The summed E-state index contributed by atoms with van der Waals surface area (Å²) in [4.78, 5) is 4.35. The van der Waals surface area contributed by atoms with Gasteiger partial charge in [-0.1, -0.05) is 18.7 Å². The number of aryl methyl sites for hydroxylation is 1. The van der Waals surface area contributed by atoms with Gasteiger partial charge in [0.1, 0.15) is 5.82 Å². The first kappa shape index (κ1) is 15.0. The Hall–Kier alpha value is -1.41. The van der Waals surface area contributed by atoms with E-state index in [9.17, 15) is 0 Å². The Morgan fingerprint density at radius 1 is 1.30 bits per heavy atom. The average molecular weight is 295 g/mol. The second-order valence-corrected chi connectivity index (χ2v) is 5.30. The van der Waals surface area contributed by atoms with Crippen LogP contribution in [0.25, 0.3) is 0 Å². The normalized spacial score (nSPS) is 11.1. The van der Waals surface area contributed by atoms with Crippen molar-refractivity contribution in [2.24, 2.45) is 0 Å². The zero-order valence-electron chi connectivity index (χ0n) is 12.0. The minimum atomic E-state index is 0.781. The molecule has 0 aliphatic carbocycles. The van der Waals surface area contributed by atoms with Crippen molar-refractivity contribution < 1.29 is 0 Å². The maximum Gasteiger partial charge on any atom is 0.209 e. The molecule has 2 heterocycles. The highest BCUT2D eigenvalue weighted by molar-refractivity contribution is 7.98. The minimum absolute atomic E-state index is 0.781. The maximum atomic E-state index is 4.35. The van der Waals surface area contributed by atoms with E-state index in [0.29, 0.717) is 0 Å². The smallest absolute Gasteiger partial charge is 0.209 e. The number of rotatable bonds is 9. The summed E-state index contributed by atoms with van der Waals surface area (Å²) in [5, 5.41) is 16.0. The summed E-state index contributed by atoms with van der Waals surface area (Å²) in [5.74, 6) is 1.83. The van der Waals surface area contributed by atoms with Crippen molar-refractivity contribution >= 4 is 11.8 Å². The van der Waals surface area contributed by atoms with Gasteiger partial charge in [0, 0.05) is 25.5 Å². The second kappa shape index (κ2) is 8.01. The van der Waals surface area contributed by atoms with Crippen molar-refractivity contribution in [3.8, 4) is 0 Å². The van der Waals surface area contributed by atoms with E-state index in [1.165, 1.54) is 0 Å². The summed E-state index contributed by atoms with van der Waals surface area (Å²) < 4.78 is 3.97. The third kappa shape index (κ3) is 4.04. The summed E-state index contributed by atoms with van der Waals surface area (Å²) in [6.45, 7) is 7.90. The van der Waals surface area contributed by atoms with E-state index < -0.39 is 0 Å². The molecule has 0 aliphatic rings. The molecule has 0 atom stereocenters. The molecule has 0 aromatic carbocycles. The molecular formula is C12H21N7S. The van der Waals surface area contributed by atoms with E-state index >= 15 is 0 Å². The van der Waals surface area contributed by atoms with Crippen LogP contribution in [0.4, 0.5) is 0 Å². The first-order valence-corrected chi connectivity index (χ1v) is 7.93. The van der Waals surface area contributed by atoms with Gasteiger partial charge in [-0.3, -0.25) is 0 Å². The molecule has 0 bridgehead atoms. The number of nitrogens with one attached hydrogen (secondary N) is 1. The fourth-order valence-corrected chi connectivity index (χ4v) is 2.69. The predicted molar refractivity (Wildman–Crippen MR) is 78.4 cm³/mol. The van der Waals surface area contributed by atoms with Crippen LogP contribution < -0.4 is 5.32 Å². The zero-order valence-corrected chi connectivity index (χ0v) is 12.8. The van der Waals surface area contributed by atoms with Gasteiger partial charge in [0.15, 0.2) is 0 Å². The van der Waals surface area contributed by atoms with Crippen LogP contribution in [-0.2, 0) is 18.8 Å². The molecule has 8 heteroatoms. The minimum Gasteiger partial charge on any atom is -0.335 e. The second-order valence-electron chi connectivity index (χ2n) is 4.35. The highest BCUT2D eigenvalue weighted by atomic mass is 32.2. The van der Waals surface area contributed by atoms with Gasteiger partial charge in [-0.25, -0.2) is 9.67 Å². The number of aromatic nitrogens is 6. The topological polar surface area (TPSA) is 73.5 Å². The van der Waals surface area contributed by atoms with Crippen LogP contribution in [0.15, 0.2) is 17.6 Å². The third-order valence-corrected chi connectivity index (χ3v) is 3.85. The number of nitrogens with zero attached hydrogens (tertiary/aromatic N) is 6. The lowest BCUT2D eigenvalue weighted by atomic mass is 10.5. The van der Waals surface area contributed by atoms with Gasteiger partial charge >= 0.3 is 0 Å². The first-order chi connectivity index (χ1) is 9.85. The molecule has 0 radical (unpaired) electrons. The third-order valence-electron chi connectivity index (χ3n) is 2.90. The SMILES string of the molecule is CCCNCCn1nnnc1SCc1nccn1CC. The number of thioether (sulfide) groups is 1. The van der Waals surface area contributed by atoms with Crippen LogP contribution in [0, 0.1) is 0 Å². The number of hydrogen-bond acceptors (Lipinski definition) is 6. The zero-order chi connectivity index (χ0) is 14.2. The van der Waals surface area contributed by atoms with Gasteiger partial charge in [0.2, 0.25) is 5.16 Å². The van der Waals surface area contributed by atoms with Gasteiger partial charge in [-0.05, 0) is 30.3 Å². The van der Waals surface area contributed by atoms with E-state index in [1.807, 2.05) is 17.1 Å². The van der Waals surface area contributed by atoms with E-state index in [0.717, 1.165) is 49.3 Å². The summed E-state index contributed by atoms with van der Waals surface area (Å²) in [7, 11) is 0. The molecule has 2 rings (SSSR count). The molecule has 110 valence electrons. The molecule has 0 saturated heterocycles. The standard InChI is InChI=1S/C12H21N7S/c1-3-5-13-6-9-19-12(15-16-17-19)20-10-11-14-7-8-18(11)4-2/h7-8,13H,3-6,9-10H2,1-2H3. The van der Waals surface area contributed by atoms with Crippen molar-refractivity contribution in [3.05, 3.63) is 18.2 Å². The quantitative estimate of drug-likeness (QED) is 0.553. The van der Waals surface area contributed by atoms with Gasteiger partial charge in [-0.15, -0.1) is 5.10 Å². The molecule has 0 fully saturated rings. The number of tetrazole rings is 1. The molecule has 0 amide bonds. The Morgan fingerprint density at radius 2 is 2.20 bits per heavy atom. The van der Waals surface area contributed by atoms with Crippen LogP contribution >= 0.6 is 11.8 Å². The van der Waals surface area contributed by atoms with Crippen LogP contribution in [0.5, 0.6) is 0 Å². The monoisotopic (exact) mass is 295 g/mol. The fourth-order valence-electron chi connectivity index (χ4n) is 1.82. The van der Waals surface area contributed by atoms with Crippen LogP contribution in [-0.4, -0.2) is 42.8 Å². The molecular weight excluding hydrogens is 274 g/mol. The van der Waals surface area contributed by atoms with Crippen molar-refractivity contribution in [2.45, 2.75) is 44.3 Å². The van der Waals surface area contributed by atoms with Crippen LogP contribution in [0.2, 0.25) is 0 Å². The lowest BCUT2D eigenvalue weighted by molar-refractivity contribution is 0.510. The largest absolute Gasteiger partial charge is 0.335 e. The molecule has 7 nitrogen and oxygen atoms in total. The fraction of sp³-hybridized carbons (Fsp3) is 0.667. The van der Waals surface area contributed by atoms with Gasteiger partial charge in [0.05, 0.1) is 12.3 Å². The van der Waals surface area contributed by atoms with Crippen molar-refractivity contribution in [1.82, 2.24) is 35.1 Å². The van der Waals surface area contributed by atoms with Gasteiger partial charge in [0.25, 0.3) is 0 Å². The highest BCUT2D eigenvalue weighted by Gasteiger charge is 2.09. The Balaban J connectivity index is 1.85. The Kier molecular flexibility index (Phi) is 6.00. The van der Waals surface area contributed by atoms with Crippen LogP contribution in [0.3, 0.4) is 0 Å². The Labute approximate surface area is 123 Å². The van der Waals surface area contributed by atoms with Gasteiger partial charge in [-0.2, -0.15) is 0 Å². The molecule has 0 unspecified atom stereocenters.